The molecule has 0 aliphatic heterocycles. The van der Waals surface area contributed by atoms with E-state index in [9.17, 15) is 4.79 Å². The summed E-state index contributed by atoms with van der Waals surface area (Å²) in [6.45, 7) is 0.300. The molecule has 5 heteroatoms. The minimum atomic E-state index is -0.322. The lowest BCUT2D eigenvalue weighted by Crippen LogP contribution is -2.24. The van der Waals surface area contributed by atoms with E-state index < -0.39 is 0 Å². The lowest BCUT2D eigenvalue weighted by molar-refractivity contribution is 0.0231. The summed E-state index contributed by atoms with van der Waals surface area (Å²) in [5.41, 5.74) is 3.95. The Balaban J connectivity index is 1.69. The molecule has 0 spiro atoms. The summed E-state index contributed by atoms with van der Waals surface area (Å²) in [6, 6.07) is 24.8. The molecule has 126 valence electrons. The number of hydrogen-bond donors (Lipinski definition) is 1. The molecule has 1 amide bonds. The van der Waals surface area contributed by atoms with Crippen molar-refractivity contribution in [2.24, 2.45) is 0 Å². The van der Waals surface area contributed by atoms with Crippen molar-refractivity contribution in [2.75, 3.05) is 0 Å². The molecule has 0 unspecified atom stereocenters. The first-order chi connectivity index (χ1) is 12.2. The standard InChI is InChI=1S/C20H16ClNO2S/c21-16-11-12-19(25-17-9-5-2-6-10-17)18(13-16)20(23)22-24-14-15-7-3-1-4-8-15/h1-13H,14H2,(H,22,23). The smallest absolute Gasteiger partial charge is 0.269 e. The minimum Gasteiger partial charge on any atom is -0.269 e. The monoisotopic (exact) mass is 369 g/mol. The van der Waals surface area contributed by atoms with E-state index in [1.54, 1.807) is 12.1 Å². The van der Waals surface area contributed by atoms with Crippen LogP contribution in [0.1, 0.15) is 15.9 Å². The largest absolute Gasteiger partial charge is 0.276 e. The van der Waals surface area contributed by atoms with Gasteiger partial charge in [0.1, 0.15) is 0 Å². The summed E-state index contributed by atoms with van der Waals surface area (Å²) in [4.78, 5) is 19.7. The van der Waals surface area contributed by atoms with Crippen LogP contribution in [-0.2, 0) is 11.4 Å². The van der Waals surface area contributed by atoms with Crippen molar-refractivity contribution in [1.29, 1.82) is 0 Å². The summed E-state index contributed by atoms with van der Waals surface area (Å²) in [5, 5.41) is 0.505. The number of halogens is 1. The lowest BCUT2D eigenvalue weighted by atomic mass is 10.2. The Bertz CT molecular complexity index is 841. The lowest BCUT2D eigenvalue weighted by Gasteiger charge is -2.11. The van der Waals surface area contributed by atoms with Crippen LogP contribution in [0.25, 0.3) is 0 Å². The molecule has 0 aliphatic rings. The molecule has 1 N–H and O–H groups in total. The third-order valence-electron chi connectivity index (χ3n) is 3.40. The van der Waals surface area contributed by atoms with Crippen LogP contribution in [0.2, 0.25) is 5.02 Å². The Hall–Kier alpha value is -2.27. The molecule has 3 aromatic carbocycles. The van der Waals surface area contributed by atoms with E-state index >= 15 is 0 Å². The summed E-state index contributed by atoms with van der Waals surface area (Å²) >= 11 is 7.57. The Kier molecular flexibility index (Phi) is 6.12. The van der Waals surface area contributed by atoms with Gasteiger partial charge in [0.2, 0.25) is 0 Å². The highest BCUT2D eigenvalue weighted by Crippen LogP contribution is 2.31. The normalized spacial score (nSPS) is 10.4. The van der Waals surface area contributed by atoms with Gasteiger partial charge in [-0.2, -0.15) is 0 Å². The number of carbonyl (C=O) groups is 1. The maximum Gasteiger partial charge on any atom is 0.276 e. The molecule has 0 radical (unpaired) electrons. The van der Waals surface area contributed by atoms with E-state index in [0.29, 0.717) is 17.2 Å². The van der Waals surface area contributed by atoms with Crippen molar-refractivity contribution >= 4 is 29.3 Å². The van der Waals surface area contributed by atoms with Gasteiger partial charge in [-0.3, -0.25) is 9.63 Å². The molecule has 3 nitrogen and oxygen atoms in total. The molecule has 0 atom stereocenters. The summed E-state index contributed by atoms with van der Waals surface area (Å²) in [6.07, 6.45) is 0. The first kappa shape index (κ1) is 17.5. The predicted molar refractivity (Wildman–Crippen MR) is 101 cm³/mol. The first-order valence-electron chi connectivity index (χ1n) is 7.71. The summed E-state index contributed by atoms with van der Waals surface area (Å²) in [5.74, 6) is -0.322. The van der Waals surface area contributed by atoms with E-state index in [0.717, 1.165) is 15.4 Å². The topological polar surface area (TPSA) is 38.3 Å². The molecule has 25 heavy (non-hydrogen) atoms. The highest BCUT2D eigenvalue weighted by atomic mass is 35.5. The molecular weight excluding hydrogens is 354 g/mol. The molecule has 0 fully saturated rings. The van der Waals surface area contributed by atoms with E-state index in [1.807, 2.05) is 66.7 Å². The second-order valence-corrected chi connectivity index (χ2v) is 6.81. The molecule has 3 rings (SSSR count). The van der Waals surface area contributed by atoms with Gasteiger partial charge in [0, 0.05) is 14.8 Å². The SMILES string of the molecule is O=C(NOCc1ccccc1)c1cc(Cl)ccc1Sc1ccccc1. The Morgan fingerprint density at radius 3 is 2.36 bits per heavy atom. The fourth-order valence-electron chi connectivity index (χ4n) is 2.20. The van der Waals surface area contributed by atoms with Gasteiger partial charge < -0.3 is 0 Å². The third kappa shape index (κ3) is 5.10. The summed E-state index contributed by atoms with van der Waals surface area (Å²) in [7, 11) is 0. The first-order valence-corrected chi connectivity index (χ1v) is 8.90. The molecule has 0 saturated heterocycles. The van der Waals surface area contributed by atoms with Crippen LogP contribution in [-0.4, -0.2) is 5.91 Å². The van der Waals surface area contributed by atoms with Crippen LogP contribution < -0.4 is 5.48 Å². The second kappa shape index (κ2) is 8.72. The van der Waals surface area contributed by atoms with Crippen LogP contribution in [0.3, 0.4) is 0 Å². The van der Waals surface area contributed by atoms with Crippen LogP contribution in [0.4, 0.5) is 0 Å². The van der Waals surface area contributed by atoms with Crippen LogP contribution >= 0.6 is 23.4 Å². The van der Waals surface area contributed by atoms with E-state index in [-0.39, 0.29) is 5.91 Å². The highest BCUT2D eigenvalue weighted by molar-refractivity contribution is 7.99. The fraction of sp³-hybridized carbons (Fsp3) is 0.0500. The Morgan fingerprint density at radius 2 is 1.64 bits per heavy atom. The van der Waals surface area contributed by atoms with Gasteiger partial charge in [0.15, 0.2) is 0 Å². The average Bonchev–Trinajstić information content (AvgIpc) is 2.65. The molecule has 0 heterocycles. The average molecular weight is 370 g/mol. The predicted octanol–water partition coefficient (Wildman–Crippen LogP) is 5.35. The maximum atomic E-state index is 12.5. The van der Waals surface area contributed by atoms with Gasteiger partial charge >= 0.3 is 0 Å². The van der Waals surface area contributed by atoms with Crippen LogP contribution in [0, 0.1) is 0 Å². The number of hydrogen-bond acceptors (Lipinski definition) is 3. The zero-order valence-electron chi connectivity index (χ0n) is 13.3. The zero-order chi connectivity index (χ0) is 17.5. The Morgan fingerprint density at radius 1 is 0.960 bits per heavy atom. The number of amides is 1. The number of benzene rings is 3. The van der Waals surface area contributed by atoms with E-state index in [4.69, 9.17) is 16.4 Å². The third-order valence-corrected chi connectivity index (χ3v) is 4.72. The Labute approximate surface area is 155 Å². The van der Waals surface area contributed by atoms with E-state index in [1.165, 1.54) is 11.8 Å². The van der Waals surface area contributed by atoms with Crippen LogP contribution in [0.15, 0.2) is 88.7 Å². The van der Waals surface area contributed by atoms with Crippen molar-refractivity contribution in [3.63, 3.8) is 0 Å². The number of rotatable bonds is 6. The fourth-order valence-corrected chi connectivity index (χ4v) is 3.32. The van der Waals surface area contributed by atoms with Gasteiger partial charge in [-0.25, -0.2) is 5.48 Å². The van der Waals surface area contributed by atoms with Crippen LogP contribution in [0.5, 0.6) is 0 Å². The van der Waals surface area contributed by atoms with Crippen molar-refractivity contribution < 1.29 is 9.63 Å². The highest BCUT2D eigenvalue weighted by Gasteiger charge is 2.13. The second-order valence-electron chi connectivity index (χ2n) is 5.26. The van der Waals surface area contributed by atoms with Gasteiger partial charge in [0.25, 0.3) is 5.91 Å². The van der Waals surface area contributed by atoms with Gasteiger partial charge in [0.05, 0.1) is 12.2 Å². The number of hydroxylamine groups is 1. The van der Waals surface area contributed by atoms with Crippen molar-refractivity contribution in [3.8, 4) is 0 Å². The zero-order valence-corrected chi connectivity index (χ0v) is 14.9. The maximum absolute atomic E-state index is 12.5. The van der Waals surface area contributed by atoms with Crippen molar-refractivity contribution in [3.05, 3.63) is 95.0 Å². The molecule has 3 aromatic rings. The quantitative estimate of drug-likeness (QED) is 0.595. The van der Waals surface area contributed by atoms with Gasteiger partial charge in [-0.05, 0) is 35.9 Å². The number of carbonyl (C=O) groups excluding carboxylic acids is 1. The molecule has 0 bridgehead atoms. The number of nitrogens with one attached hydrogen (secondary N) is 1. The molecule has 0 aliphatic carbocycles. The summed E-state index contributed by atoms with van der Waals surface area (Å²) < 4.78 is 0. The van der Waals surface area contributed by atoms with Crippen molar-refractivity contribution in [2.45, 2.75) is 16.4 Å². The molecular formula is C20H16ClNO2S. The molecule has 0 aromatic heterocycles. The van der Waals surface area contributed by atoms with Crippen molar-refractivity contribution in [1.82, 2.24) is 5.48 Å². The van der Waals surface area contributed by atoms with Gasteiger partial charge in [-0.15, -0.1) is 0 Å². The minimum absolute atomic E-state index is 0.300. The molecule has 0 saturated carbocycles. The van der Waals surface area contributed by atoms with E-state index in [2.05, 4.69) is 5.48 Å². The van der Waals surface area contributed by atoms with Gasteiger partial charge in [-0.1, -0.05) is 71.9 Å².